The number of carbonyl (C=O) groups is 1. The molecule has 1 aromatic carbocycles. The molecule has 76 valence electrons. The monoisotopic (exact) mass is 213 g/mol. The van der Waals surface area contributed by atoms with Crippen molar-refractivity contribution < 1.29 is 9.90 Å². The molecule has 0 aliphatic heterocycles. The summed E-state index contributed by atoms with van der Waals surface area (Å²) in [5.74, 6) is -1.01. The SMILES string of the molecule is C[C@@H](N)Cc1ccc(Cl)c(C(=O)O)c1. The summed E-state index contributed by atoms with van der Waals surface area (Å²) in [5, 5.41) is 9.06. The third-order valence-corrected chi connectivity index (χ3v) is 2.15. The van der Waals surface area contributed by atoms with Crippen LogP contribution in [0, 0.1) is 0 Å². The predicted octanol–water partition coefficient (Wildman–Crippen LogP) is 1.93. The fourth-order valence-corrected chi connectivity index (χ4v) is 1.43. The van der Waals surface area contributed by atoms with E-state index in [0.717, 1.165) is 5.56 Å². The first kappa shape index (κ1) is 11.0. The molecule has 1 atom stereocenters. The Morgan fingerprint density at radius 1 is 1.64 bits per heavy atom. The molecular formula is C10H12ClNO2. The quantitative estimate of drug-likeness (QED) is 0.807. The van der Waals surface area contributed by atoms with Crippen molar-refractivity contribution in [1.29, 1.82) is 0 Å². The molecule has 0 spiro atoms. The van der Waals surface area contributed by atoms with Crippen LogP contribution >= 0.6 is 11.6 Å². The lowest BCUT2D eigenvalue weighted by Crippen LogP contribution is -2.18. The number of halogens is 1. The Morgan fingerprint density at radius 2 is 2.29 bits per heavy atom. The molecule has 0 heterocycles. The van der Waals surface area contributed by atoms with Gasteiger partial charge >= 0.3 is 5.97 Å². The standard InChI is InChI=1S/C10H12ClNO2/c1-6(12)4-7-2-3-9(11)8(5-7)10(13)14/h2-3,5-6H,4,12H2,1H3,(H,13,14)/t6-/m1/s1. The van der Waals surface area contributed by atoms with Crippen LogP contribution in [0.5, 0.6) is 0 Å². The summed E-state index contributed by atoms with van der Waals surface area (Å²) in [6, 6.07) is 4.95. The fraction of sp³-hybridized carbons (Fsp3) is 0.300. The summed E-state index contributed by atoms with van der Waals surface area (Å²) in [4.78, 5) is 10.7. The molecule has 3 nitrogen and oxygen atoms in total. The molecule has 0 fully saturated rings. The number of benzene rings is 1. The number of rotatable bonds is 3. The Morgan fingerprint density at radius 3 is 2.79 bits per heavy atom. The van der Waals surface area contributed by atoms with Gasteiger partial charge in [0.05, 0.1) is 10.6 Å². The third-order valence-electron chi connectivity index (χ3n) is 1.82. The fourth-order valence-electron chi connectivity index (χ4n) is 1.24. The second-order valence-electron chi connectivity index (χ2n) is 3.30. The van der Waals surface area contributed by atoms with Gasteiger partial charge in [0.2, 0.25) is 0 Å². The molecule has 1 rings (SSSR count). The highest BCUT2D eigenvalue weighted by Crippen LogP contribution is 2.18. The van der Waals surface area contributed by atoms with Crippen molar-refractivity contribution >= 4 is 17.6 Å². The lowest BCUT2D eigenvalue weighted by atomic mass is 10.0. The van der Waals surface area contributed by atoms with Crippen LogP contribution in [0.2, 0.25) is 5.02 Å². The second-order valence-corrected chi connectivity index (χ2v) is 3.71. The van der Waals surface area contributed by atoms with Crippen LogP contribution < -0.4 is 5.73 Å². The van der Waals surface area contributed by atoms with E-state index in [2.05, 4.69) is 0 Å². The van der Waals surface area contributed by atoms with Gasteiger partial charge in [-0.15, -0.1) is 0 Å². The van der Waals surface area contributed by atoms with Crippen LogP contribution in [0.25, 0.3) is 0 Å². The van der Waals surface area contributed by atoms with Crippen molar-refractivity contribution in [3.05, 3.63) is 34.3 Å². The first-order valence-corrected chi connectivity index (χ1v) is 4.66. The molecule has 0 saturated heterocycles. The van der Waals surface area contributed by atoms with Gasteiger partial charge in [-0.3, -0.25) is 0 Å². The summed E-state index contributed by atoms with van der Waals surface area (Å²) >= 11 is 5.72. The molecule has 1 aromatic rings. The van der Waals surface area contributed by atoms with E-state index in [4.69, 9.17) is 22.4 Å². The zero-order valence-electron chi connectivity index (χ0n) is 7.83. The van der Waals surface area contributed by atoms with Crippen LogP contribution in [0.4, 0.5) is 0 Å². The molecule has 0 aliphatic rings. The third kappa shape index (κ3) is 2.72. The van der Waals surface area contributed by atoms with Crippen LogP contribution in [0.15, 0.2) is 18.2 Å². The molecule has 0 radical (unpaired) electrons. The Balaban J connectivity index is 3.00. The summed E-state index contributed by atoms with van der Waals surface area (Å²) in [6.45, 7) is 1.87. The number of aromatic carboxylic acids is 1. The number of nitrogens with two attached hydrogens (primary N) is 1. The molecule has 0 unspecified atom stereocenters. The minimum absolute atomic E-state index is 0.0119. The molecule has 3 N–H and O–H groups in total. The van der Waals surface area contributed by atoms with Gasteiger partial charge in [0.15, 0.2) is 0 Å². The summed E-state index contributed by atoms with van der Waals surface area (Å²) in [5.41, 5.74) is 6.63. The Kier molecular flexibility index (Phi) is 3.49. The number of carboxylic acids is 1. The van der Waals surface area contributed by atoms with Gasteiger partial charge in [-0.25, -0.2) is 4.79 Å². The van der Waals surface area contributed by atoms with Gasteiger partial charge in [-0.1, -0.05) is 17.7 Å². The van der Waals surface area contributed by atoms with Crippen LogP contribution in [-0.2, 0) is 6.42 Å². The maximum Gasteiger partial charge on any atom is 0.337 e. The minimum atomic E-state index is -1.01. The first-order valence-electron chi connectivity index (χ1n) is 4.28. The van der Waals surface area contributed by atoms with Gasteiger partial charge in [0, 0.05) is 6.04 Å². The largest absolute Gasteiger partial charge is 0.478 e. The van der Waals surface area contributed by atoms with Crippen molar-refractivity contribution in [2.45, 2.75) is 19.4 Å². The van der Waals surface area contributed by atoms with E-state index in [0.29, 0.717) is 6.42 Å². The smallest absolute Gasteiger partial charge is 0.337 e. The van der Waals surface area contributed by atoms with Crippen molar-refractivity contribution in [3.8, 4) is 0 Å². The predicted molar refractivity (Wildman–Crippen MR) is 55.8 cm³/mol. The zero-order chi connectivity index (χ0) is 10.7. The maximum absolute atomic E-state index is 10.7. The molecule has 0 saturated carbocycles. The van der Waals surface area contributed by atoms with Crippen molar-refractivity contribution in [1.82, 2.24) is 0 Å². The summed E-state index contributed by atoms with van der Waals surface area (Å²) in [6.07, 6.45) is 0.650. The summed E-state index contributed by atoms with van der Waals surface area (Å²) in [7, 11) is 0. The van der Waals surface area contributed by atoms with Crippen molar-refractivity contribution in [2.75, 3.05) is 0 Å². The van der Waals surface area contributed by atoms with E-state index in [1.807, 2.05) is 6.92 Å². The number of hydrogen-bond acceptors (Lipinski definition) is 2. The van der Waals surface area contributed by atoms with Crippen LogP contribution in [0.1, 0.15) is 22.8 Å². The van der Waals surface area contributed by atoms with E-state index in [9.17, 15) is 4.79 Å². The lowest BCUT2D eigenvalue weighted by molar-refractivity contribution is 0.0697. The Hall–Kier alpha value is -1.06. The zero-order valence-corrected chi connectivity index (χ0v) is 8.58. The highest BCUT2D eigenvalue weighted by atomic mass is 35.5. The highest BCUT2D eigenvalue weighted by molar-refractivity contribution is 6.33. The van der Waals surface area contributed by atoms with E-state index in [1.165, 1.54) is 0 Å². The van der Waals surface area contributed by atoms with Gasteiger partial charge in [-0.2, -0.15) is 0 Å². The lowest BCUT2D eigenvalue weighted by Gasteiger charge is -2.06. The molecule has 0 aromatic heterocycles. The molecule has 4 heteroatoms. The van der Waals surface area contributed by atoms with Crippen molar-refractivity contribution in [2.24, 2.45) is 5.73 Å². The van der Waals surface area contributed by atoms with E-state index in [-0.39, 0.29) is 16.6 Å². The van der Waals surface area contributed by atoms with E-state index in [1.54, 1.807) is 18.2 Å². The number of carboxylic acid groups (broad SMARTS) is 1. The number of hydrogen-bond donors (Lipinski definition) is 2. The van der Waals surface area contributed by atoms with Gasteiger partial charge < -0.3 is 10.8 Å². The van der Waals surface area contributed by atoms with Crippen LogP contribution in [0.3, 0.4) is 0 Å². The van der Waals surface area contributed by atoms with Gasteiger partial charge in [0.25, 0.3) is 0 Å². The molecule has 14 heavy (non-hydrogen) atoms. The molecule has 0 bridgehead atoms. The topological polar surface area (TPSA) is 63.3 Å². The Bertz CT molecular complexity index is 350. The average Bonchev–Trinajstić information content (AvgIpc) is 2.07. The molecule has 0 amide bonds. The van der Waals surface area contributed by atoms with Gasteiger partial charge in [-0.05, 0) is 31.0 Å². The minimum Gasteiger partial charge on any atom is -0.478 e. The maximum atomic E-state index is 10.7. The molecular weight excluding hydrogens is 202 g/mol. The highest BCUT2D eigenvalue weighted by Gasteiger charge is 2.09. The average molecular weight is 214 g/mol. The normalized spacial score (nSPS) is 12.5. The molecule has 0 aliphatic carbocycles. The van der Waals surface area contributed by atoms with Crippen LogP contribution in [-0.4, -0.2) is 17.1 Å². The first-order chi connectivity index (χ1) is 6.50. The second kappa shape index (κ2) is 4.44. The van der Waals surface area contributed by atoms with E-state index < -0.39 is 5.97 Å². The van der Waals surface area contributed by atoms with Gasteiger partial charge in [0.1, 0.15) is 0 Å². The Labute approximate surface area is 87.5 Å². The van der Waals surface area contributed by atoms with Crippen molar-refractivity contribution in [3.63, 3.8) is 0 Å². The summed E-state index contributed by atoms with van der Waals surface area (Å²) < 4.78 is 0. The van der Waals surface area contributed by atoms with E-state index >= 15 is 0 Å².